The van der Waals surface area contributed by atoms with Crippen molar-refractivity contribution in [1.29, 1.82) is 0 Å². The molecule has 0 saturated heterocycles. The van der Waals surface area contributed by atoms with Gasteiger partial charge in [0, 0.05) is 23.7 Å². The largest absolute Gasteiger partial charge is 0.396 e. The van der Waals surface area contributed by atoms with Gasteiger partial charge in [0.2, 0.25) is 0 Å². The van der Waals surface area contributed by atoms with Gasteiger partial charge in [-0.15, -0.1) is 0 Å². The maximum Gasteiger partial charge on any atom is 0.0738 e. The second-order valence-electron chi connectivity index (χ2n) is 14.3. The van der Waals surface area contributed by atoms with Crippen LogP contribution in [-0.4, -0.2) is 23.4 Å². The molecule has 4 rings (SSSR count). The highest BCUT2D eigenvalue weighted by Gasteiger charge is 2.37. The molecule has 40 heavy (non-hydrogen) atoms. The van der Waals surface area contributed by atoms with Crippen molar-refractivity contribution in [2.75, 3.05) is 13.2 Å². The topological polar surface area (TPSA) is 115 Å². The molecule has 6 nitrogen and oxygen atoms in total. The summed E-state index contributed by atoms with van der Waals surface area (Å²) in [4.78, 5) is 3.11. The zero-order valence-corrected chi connectivity index (χ0v) is 25.7. The Hall–Kier alpha value is -2.37. The molecule has 0 bridgehead atoms. The Balaban J connectivity index is 0.000000222. The van der Waals surface area contributed by atoms with E-state index in [-0.39, 0.29) is 23.0 Å². The summed E-state index contributed by atoms with van der Waals surface area (Å²) in [5, 5.41) is 22.7. The summed E-state index contributed by atoms with van der Waals surface area (Å²) in [6.07, 6.45) is 7.48. The number of aliphatic hydroxyl groups is 2. The van der Waals surface area contributed by atoms with E-state index in [1.807, 2.05) is 0 Å². The maximum absolute atomic E-state index is 9.31. The van der Waals surface area contributed by atoms with E-state index in [1.165, 1.54) is 16.7 Å². The molecule has 0 aromatic heterocycles. The predicted octanol–water partition coefficient (Wildman–Crippen LogP) is 7.99. The molecule has 0 spiro atoms. The van der Waals surface area contributed by atoms with E-state index in [1.54, 1.807) is 0 Å². The van der Waals surface area contributed by atoms with Crippen molar-refractivity contribution in [2.24, 2.45) is 22.7 Å². The average molecular weight is 549 g/mol. The fourth-order valence-electron chi connectivity index (χ4n) is 6.10. The highest BCUT2D eigenvalue weighted by molar-refractivity contribution is 5.35. The van der Waals surface area contributed by atoms with E-state index in [4.69, 9.17) is 11.3 Å². The first kappa shape index (κ1) is 32.1. The zero-order chi connectivity index (χ0) is 29.6. The number of hydrogen-bond acceptors (Lipinski definition) is 4. The van der Waals surface area contributed by atoms with Crippen LogP contribution < -0.4 is 5.73 Å². The van der Waals surface area contributed by atoms with Crippen molar-refractivity contribution in [1.82, 2.24) is 0 Å². The molecule has 2 aliphatic carbocycles. The van der Waals surface area contributed by atoms with Gasteiger partial charge < -0.3 is 15.9 Å². The quantitative estimate of drug-likeness (QED) is 0.200. The fraction of sp³-hybridized carbons (Fsp3) is 0.647. The van der Waals surface area contributed by atoms with Crippen LogP contribution in [0.25, 0.3) is 10.4 Å². The minimum absolute atomic E-state index is 0.0792. The lowest BCUT2D eigenvalue weighted by molar-refractivity contribution is 0.153. The van der Waals surface area contributed by atoms with Gasteiger partial charge in [-0.05, 0) is 102 Å². The minimum Gasteiger partial charge on any atom is -0.396 e. The van der Waals surface area contributed by atoms with Crippen LogP contribution in [0.5, 0.6) is 0 Å². The number of nitrogens with zero attached hydrogens (tertiary/aromatic N) is 3. The van der Waals surface area contributed by atoms with Gasteiger partial charge in [0.25, 0.3) is 0 Å². The highest BCUT2D eigenvalue weighted by Crippen LogP contribution is 2.44. The van der Waals surface area contributed by atoms with E-state index in [2.05, 4.69) is 100 Å². The van der Waals surface area contributed by atoms with E-state index in [0.717, 1.165) is 56.9 Å². The van der Waals surface area contributed by atoms with Crippen LogP contribution in [0.15, 0.2) is 53.6 Å². The molecule has 0 atom stereocenters. The lowest BCUT2D eigenvalue weighted by Crippen LogP contribution is -2.41. The molecule has 4 N–H and O–H groups in total. The van der Waals surface area contributed by atoms with Crippen LogP contribution in [0.4, 0.5) is 0 Å². The lowest BCUT2D eigenvalue weighted by Gasteiger charge is -2.37. The summed E-state index contributed by atoms with van der Waals surface area (Å²) in [7, 11) is 0. The van der Waals surface area contributed by atoms with Crippen molar-refractivity contribution < 1.29 is 10.2 Å². The van der Waals surface area contributed by atoms with Gasteiger partial charge in [-0.1, -0.05) is 95.2 Å². The molecule has 0 aliphatic heterocycles. The van der Waals surface area contributed by atoms with Gasteiger partial charge >= 0.3 is 0 Å². The Labute approximate surface area is 242 Å². The Morgan fingerprint density at radius 3 is 1.62 bits per heavy atom. The number of hydrogen-bond donors (Lipinski definition) is 3. The molecule has 2 aromatic carbocycles. The van der Waals surface area contributed by atoms with Gasteiger partial charge in [0.1, 0.15) is 0 Å². The van der Waals surface area contributed by atoms with Crippen molar-refractivity contribution >= 4 is 0 Å². The second kappa shape index (κ2) is 13.1. The van der Waals surface area contributed by atoms with Gasteiger partial charge in [-0.3, -0.25) is 0 Å². The molecule has 2 saturated carbocycles. The SMILES string of the molecule is CC(C)(C)c1cccc(C2(N)CCC(CO)CC2)c1.CC(C)(C)c1cccc(C2(N=[N+]=[N-])CCC(CO)CC2)c1. The number of nitrogens with two attached hydrogens (primary N) is 1. The first-order chi connectivity index (χ1) is 18.8. The van der Waals surface area contributed by atoms with Crippen LogP contribution in [0.1, 0.15) is 115 Å². The van der Waals surface area contributed by atoms with Crippen molar-refractivity contribution in [2.45, 2.75) is 115 Å². The fourth-order valence-corrected chi connectivity index (χ4v) is 6.10. The molecule has 2 aromatic rings. The van der Waals surface area contributed by atoms with Gasteiger partial charge in [0.15, 0.2) is 0 Å². The maximum atomic E-state index is 9.31. The smallest absolute Gasteiger partial charge is 0.0738 e. The number of aliphatic hydroxyl groups excluding tert-OH is 2. The standard InChI is InChI=1S/C17H25N3O.C17H27NO/c1-16(2,3)14-5-4-6-15(11-14)17(19-20-18)9-7-13(12-21)8-10-17;1-16(2,3)14-5-4-6-15(11-14)17(18)9-7-13(12-19)8-10-17/h4-6,11,13,21H,7-10,12H2,1-3H3;4-6,11,13,19H,7-10,12,18H2,1-3H3. The Kier molecular flexibility index (Phi) is 10.5. The first-order valence-corrected chi connectivity index (χ1v) is 15.1. The predicted molar refractivity (Wildman–Crippen MR) is 165 cm³/mol. The van der Waals surface area contributed by atoms with Crippen LogP contribution in [0.2, 0.25) is 0 Å². The molecular formula is C34H52N4O2. The third kappa shape index (κ3) is 7.88. The van der Waals surface area contributed by atoms with Crippen molar-refractivity contribution in [3.05, 3.63) is 81.2 Å². The highest BCUT2D eigenvalue weighted by atomic mass is 16.3. The molecule has 0 amide bonds. The molecule has 0 heterocycles. The monoisotopic (exact) mass is 548 g/mol. The molecule has 6 heteroatoms. The Morgan fingerprint density at radius 2 is 1.20 bits per heavy atom. The lowest BCUT2D eigenvalue weighted by atomic mass is 9.72. The third-order valence-corrected chi connectivity index (χ3v) is 9.25. The van der Waals surface area contributed by atoms with E-state index < -0.39 is 5.54 Å². The van der Waals surface area contributed by atoms with Crippen LogP contribution in [0, 0.1) is 11.8 Å². The Bertz CT molecular complexity index is 1140. The second-order valence-corrected chi connectivity index (χ2v) is 14.3. The molecule has 0 radical (unpaired) electrons. The van der Waals surface area contributed by atoms with Crippen LogP contribution in [0.3, 0.4) is 0 Å². The number of rotatable bonds is 5. The third-order valence-electron chi connectivity index (χ3n) is 9.25. The molecule has 0 unspecified atom stereocenters. The van der Waals surface area contributed by atoms with E-state index in [9.17, 15) is 10.2 Å². The molecule has 220 valence electrons. The summed E-state index contributed by atoms with van der Waals surface area (Å²) in [6.45, 7) is 13.8. The molecular weight excluding hydrogens is 496 g/mol. The zero-order valence-electron chi connectivity index (χ0n) is 25.7. The number of benzene rings is 2. The van der Waals surface area contributed by atoms with E-state index >= 15 is 0 Å². The molecule has 2 aliphatic rings. The van der Waals surface area contributed by atoms with Gasteiger partial charge in [-0.2, -0.15) is 0 Å². The van der Waals surface area contributed by atoms with E-state index in [0.29, 0.717) is 18.4 Å². The summed E-state index contributed by atoms with van der Waals surface area (Å²) in [5.41, 5.74) is 20.2. The summed E-state index contributed by atoms with van der Waals surface area (Å²) in [6, 6.07) is 17.2. The van der Waals surface area contributed by atoms with Crippen molar-refractivity contribution in [3.8, 4) is 0 Å². The summed E-state index contributed by atoms with van der Waals surface area (Å²) >= 11 is 0. The van der Waals surface area contributed by atoms with Crippen LogP contribution >= 0.6 is 0 Å². The Morgan fingerprint density at radius 1 is 0.775 bits per heavy atom. The van der Waals surface area contributed by atoms with Crippen molar-refractivity contribution in [3.63, 3.8) is 0 Å². The average Bonchev–Trinajstić information content (AvgIpc) is 2.94. The summed E-state index contributed by atoms with van der Waals surface area (Å²) in [5.74, 6) is 0.792. The minimum atomic E-state index is -0.443. The summed E-state index contributed by atoms with van der Waals surface area (Å²) < 4.78 is 0. The molecule has 2 fully saturated rings. The number of azide groups is 1. The normalized spacial score (nSPS) is 27.2. The first-order valence-electron chi connectivity index (χ1n) is 15.1. The van der Waals surface area contributed by atoms with Gasteiger partial charge in [-0.25, -0.2) is 0 Å². The van der Waals surface area contributed by atoms with Gasteiger partial charge in [0.05, 0.1) is 5.54 Å². The van der Waals surface area contributed by atoms with Crippen LogP contribution in [-0.2, 0) is 21.9 Å².